The smallest absolute Gasteiger partial charge is 0.191 e. The predicted octanol–water partition coefficient (Wildman–Crippen LogP) is 4.43. The van der Waals surface area contributed by atoms with Crippen LogP contribution in [0.5, 0.6) is 5.75 Å². The highest BCUT2D eigenvalue weighted by Gasteiger charge is 2.06. The van der Waals surface area contributed by atoms with E-state index in [0.29, 0.717) is 32.9 Å². The molecule has 0 saturated heterocycles. The Morgan fingerprint density at radius 3 is 2.39 bits per heavy atom. The van der Waals surface area contributed by atoms with E-state index in [9.17, 15) is 0 Å². The van der Waals surface area contributed by atoms with Crippen LogP contribution in [0.1, 0.15) is 36.1 Å². The number of methoxy groups -OCH3 is 1. The second-order valence-corrected chi connectivity index (χ2v) is 6.95. The van der Waals surface area contributed by atoms with Crippen molar-refractivity contribution in [2.75, 3.05) is 33.5 Å². The summed E-state index contributed by atoms with van der Waals surface area (Å²) in [7, 11) is 1.67. The molecule has 0 saturated carbocycles. The summed E-state index contributed by atoms with van der Waals surface area (Å²) in [6.07, 6.45) is 0. The van der Waals surface area contributed by atoms with Gasteiger partial charge in [0.05, 0.1) is 19.8 Å². The van der Waals surface area contributed by atoms with Gasteiger partial charge in [0.25, 0.3) is 0 Å². The van der Waals surface area contributed by atoms with E-state index in [1.54, 1.807) is 7.11 Å². The maximum absolute atomic E-state index is 5.88. The lowest BCUT2D eigenvalue weighted by Crippen LogP contribution is -2.36. The van der Waals surface area contributed by atoms with E-state index >= 15 is 0 Å². The van der Waals surface area contributed by atoms with Gasteiger partial charge in [-0.3, -0.25) is 0 Å². The zero-order chi connectivity index (χ0) is 21.6. The molecular formula is C24H36IN3O3. The van der Waals surface area contributed by atoms with Gasteiger partial charge in [-0.05, 0) is 43.5 Å². The van der Waals surface area contributed by atoms with Crippen molar-refractivity contribution in [3.63, 3.8) is 0 Å². The molecule has 0 bridgehead atoms. The number of aliphatic imine (C=N–C) groups is 1. The van der Waals surface area contributed by atoms with Crippen LogP contribution in [0.25, 0.3) is 0 Å². The lowest BCUT2D eigenvalue weighted by Gasteiger charge is -2.15. The van der Waals surface area contributed by atoms with Gasteiger partial charge in [-0.15, -0.1) is 24.0 Å². The first-order valence-electron chi connectivity index (χ1n) is 10.5. The molecule has 6 nitrogen and oxygen atoms in total. The van der Waals surface area contributed by atoms with Crippen LogP contribution in [0.4, 0.5) is 0 Å². The summed E-state index contributed by atoms with van der Waals surface area (Å²) in [4.78, 5) is 4.72. The second kappa shape index (κ2) is 15.9. The van der Waals surface area contributed by atoms with E-state index in [1.807, 2.05) is 6.92 Å². The molecule has 0 fully saturated rings. The fourth-order valence-electron chi connectivity index (χ4n) is 2.83. The Kier molecular flexibility index (Phi) is 13.9. The molecule has 0 aliphatic carbocycles. The van der Waals surface area contributed by atoms with Gasteiger partial charge in [-0.25, -0.2) is 4.99 Å². The van der Waals surface area contributed by atoms with Gasteiger partial charge in [0.2, 0.25) is 0 Å². The van der Waals surface area contributed by atoms with Crippen LogP contribution in [0.3, 0.4) is 0 Å². The number of benzene rings is 2. The van der Waals surface area contributed by atoms with Crippen molar-refractivity contribution in [3.05, 3.63) is 64.7 Å². The van der Waals surface area contributed by atoms with Crippen LogP contribution in [0, 0.1) is 6.92 Å². The Morgan fingerprint density at radius 1 is 0.968 bits per heavy atom. The molecular weight excluding hydrogens is 505 g/mol. The largest absolute Gasteiger partial charge is 0.491 e. The molecule has 0 aliphatic rings. The summed E-state index contributed by atoms with van der Waals surface area (Å²) in [5, 5.41) is 6.71. The summed E-state index contributed by atoms with van der Waals surface area (Å²) in [6.45, 7) is 10.6. The zero-order valence-electron chi connectivity index (χ0n) is 19.1. The first-order valence-corrected chi connectivity index (χ1v) is 10.5. The average Bonchev–Trinajstić information content (AvgIpc) is 2.76. The Bertz CT molecular complexity index is 782. The maximum atomic E-state index is 5.88. The molecule has 0 aromatic heterocycles. The van der Waals surface area contributed by atoms with E-state index in [4.69, 9.17) is 19.2 Å². The van der Waals surface area contributed by atoms with Crippen molar-refractivity contribution < 1.29 is 14.2 Å². The van der Waals surface area contributed by atoms with Crippen LogP contribution in [0.2, 0.25) is 0 Å². The molecule has 2 aromatic carbocycles. The molecule has 0 atom stereocenters. The number of nitrogens with zero attached hydrogens (tertiary/aromatic N) is 1. The van der Waals surface area contributed by atoms with Gasteiger partial charge in [-0.1, -0.05) is 36.4 Å². The van der Waals surface area contributed by atoms with Crippen molar-refractivity contribution >= 4 is 29.9 Å². The van der Waals surface area contributed by atoms with Crippen molar-refractivity contribution in [1.29, 1.82) is 0 Å². The van der Waals surface area contributed by atoms with Gasteiger partial charge in [0.15, 0.2) is 5.96 Å². The van der Waals surface area contributed by atoms with Crippen LogP contribution in [-0.2, 0) is 29.2 Å². The summed E-state index contributed by atoms with van der Waals surface area (Å²) in [5.74, 6) is 1.65. The normalized spacial score (nSPS) is 11.0. The quantitative estimate of drug-likeness (QED) is 0.180. The molecule has 2 aromatic rings. The molecule has 2 N–H and O–H groups in total. The Balaban J connectivity index is 0.00000480. The van der Waals surface area contributed by atoms with Crippen LogP contribution in [-0.4, -0.2) is 39.4 Å². The number of halogens is 1. The van der Waals surface area contributed by atoms with E-state index in [1.165, 1.54) is 11.1 Å². The Hall–Kier alpha value is -1.84. The van der Waals surface area contributed by atoms with Gasteiger partial charge in [-0.2, -0.15) is 0 Å². The van der Waals surface area contributed by atoms with Gasteiger partial charge >= 0.3 is 0 Å². The molecule has 0 radical (unpaired) electrons. The molecule has 172 valence electrons. The molecule has 0 spiro atoms. The average molecular weight is 541 g/mol. The standard InChI is InChI=1S/C24H35N3O3.HI/c1-5-25-24(26-16-20-8-10-21(11-9-20)18-29-6-2)27-17-22-12-7-19(3)15-23(22)30-14-13-28-4;/h7-12,15H,5-6,13-14,16-18H2,1-4H3,(H2,25,26,27);1H. The lowest BCUT2D eigenvalue weighted by atomic mass is 10.1. The van der Waals surface area contributed by atoms with Crippen LogP contribution >= 0.6 is 24.0 Å². The molecule has 0 unspecified atom stereocenters. The van der Waals surface area contributed by atoms with Crippen molar-refractivity contribution in [3.8, 4) is 5.75 Å². The molecule has 0 aliphatic heterocycles. The van der Waals surface area contributed by atoms with Gasteiger partial charge in [0.1, 0.15) is 12.4 Å². The van der Waals surface area contributed by atoms with E-state index < -0.39 is 0 Å². The monoisotopic (exact) mass is 541 g/mol. The molecule has 2 rings (SSSR count). The number of hydrogen-bond acceptors (Lipinski definition) is 4. The minimum atomic E-state index is 0. The predicted molar refractivity (Wildman–Crippen MR) is 137 cm³/mol. The highest BCUT2D eigenvalue weighted by molar-refractivity contribution is 14.0. The van der Waals surface area contributed by atoms with Crippen molar-refractivity contribution in [1.82, 2.24) is 10.6 Å². The number of guanidine groups is 1. The fraction of sp³-hybridized carbons (Fsp3) is 0.458. The van der Waals surface area contributed by atoms with Gasteiger partial charge in [0, 0.05) is 32.4 Å². The van der Waals surface area contributed by atoms with Crippen molar-refractivity contribution in [2.45, 2.75) is 40.5 Å². The Labute approximate surface area is 203 Å². The van der Waals surface area contributed by atoms with E-state index in [2.05, 4.69) is 66.9 Å². The lowest BCUT2D eigenvalue weighted by molar-refractivity contribution is 0.134. The topological polar surface area (TPSA) is 64.1 Å². The fourth-order valence-corrected chi connectivity index (χ4v) is 2.83. The number of hydrogen-bond donors (Lipinski definition) is 2. The highest BCUT2D eigenvalue weighted by Crippen LogP contribution is 2.20. The van der Waals surface area contributed by atoms with Crippen molar-refractivity contribution in [2.24, 2.45) is 4.99 Å². The van der Waals surface area contributed by atoms with Gasteiger partial charge < -0.3 is 24.8 Å². The third kappa shape index (κ3) is 10.3. The number of ether oxygens (including phenoxy) is 3. The third-order valence-electron chi connectivity index (χ3n) is 4.47. The maximum Gasteiger partial charge on any atom is 0.191 e. The highest BCUT2D eigenvalue weighted by atomic mass is 127. The summed E-state index contributed by atoms with van der Waals surface area (Å²) in [5.41, 5.74) is 4.59. The van der Waals surface area contributed by atoms with Crippen LogP contribution < -0.4 is 15.4 Å². The third-order valence-corrected chi connectivity index (χ3v) is 4.47. The Morgan fingerprint density at radius 2 is 1.71 bits per heavy atom. The SMILES string of the molecule is CCNC(=NCc1ccc(COCC)cc1)NCc1ccc(C)cc1OCCOC.I. The zero-order valence-corrected chi connectivity index (χ0v) is 21.4. The number of nitrogens with one attached hydrogen (secondary N) is 2. The van der Waals surface area contributed by atoms with Crippen LogP contribution in [0.15, 0.2) is 47.5 Å². The van der Waals surface area contributed by atoms with E-state index in [-0.39, 0.29) is 24.0 Å². The number of aryl methyl sites for hydroxylation is 1. The first kappa shape index (κ1) is 27.2. The minimum absolute atomic E-state index is 0. The second-order valence-electron chi connectivity index (χ2n) is 6.95. The molecule has 31 heavy (non-hydrogen) atoms. The molecule has 0 amide bonds. The molecule has 0 heterocycles. The van der Waals surface area contributed by atoms with E-state index in [0.717, 1.165) is 36.0 Å². The minimum Gasteiger partial charge on any atom is -0.491 e. The summed E-state index contributed by atoms with van der Waals surface area (Å²) >= 11 is 0. The number of rotatable bonds is 12. The first-order chi connectivity index (χ1) is 14.7. The summed E-state index contributed by atoms with van der Waals surface area (Å²) < 4.78 is 16.4. The molecule has 7 heteroatoms. The summed E-state index contributed by atoms with van der Waals surface area (Å²) in [6, 6.07) is 14.6.